The largest absolute Gasteiger partial charge is 0.405 e. The zero-order valence-corrected chi connectivity index (χ0v) is 7.69. The van der Waals surface area contributed by atoms with Crippen LogP contribution >= 0.6 is 0 Å². The van der Waals surface area contributed by atoms with Crippen LogP contribution in [0.3, 0.4) is 0 Å². The fourth-order valence-corrected chi connectivity index (χ4v) is 1.21. The molecule has 1 aliphatic heterocycles. The van der Waals surface area contributed by atoms with Gasteiger partial charge in [0.15, 0.2) is 0 Å². The first kappa shape index (κ1) is 11.1. The van der Waals surface area contributed by atoms with E-state index in [9.17, 15) is 18.0 Å². The number of urea groups is 1. The van der Waals surface area contributed by atoms with Crippen LogP contribution in [0.2, 0.25) is 0 Å². The van der Waals surface area contributed by atoms with E-state index in [2.05, 4.69) is 5.32 Å². The Hall–Kier alpha value is -0.980. The van der Waals surface area contributed by atoms with Crippen LogP contribution in [-0.4, -0.2) is 49.8 Å². The average molecular weight is 211 g/mol. The van der Waals surface area contributed by atoms with Gasteiger partial charge in [0, 0.05) is 13.1 Å². The van der Waals surface area contributed by atoms with Crippen LogP contribution in [0.25, 0.3) is 0 Å². The highest BCUT2D eigenvalue weighted by atomic mass is 19.4. The second kappa shape index (κ2) is 4.04. The van der Waals surface area contributed by atoms with Crippen molar-refractivity contribution in [2.45, 2.75) is 12.2 Å². The predicted molar refractivity (Wildman–Crippen MR) is 43.9 cm³/mol. The molecule has 1 saturated heterocycles. The molecule has 1 fully saturated rings. The van der Waals surface area contributed by atoms with Gasteiger partial charge in [0.1, 0.15) is 6.54 Å². The highest BCUT2D eigenvalue weighted by molar-refractivity contribution is 5.74. The van der Waals surface area contributed by atoms with Crippen molar-refractivity contribution in [3.05, 3.63) is 0 Å². The Labute approximate surface area is 79.4 Å². The quantitative estimate of drug-likeness (QED) is 0.683. The van der Waals surface area contributed by atoms with E-state index in [0.717, 1.165) is 0 Å². The number of nitrogens with one attached hydrogen (secondary N) is 2. The lowest BCUT2D eigenvalue weighted by atomic mass is 10.1. The summed E-state index contributed by atoms with van der Waals surface area (Å²) in [5.74, 6) is 0. The molecule has 0 aromatic heterocycles. The summed E-state index contributed by atoms with van der Waals surface area (Å²) in [6.45, 7) is 0.0697. The Balaban J connectivity index is 2.11. The van der Waals surface area contributed by atoms with Crippen molar-refractivity contribution >= 4 is 6.03 Å². The summed E-state index contributed by atoms with van der Waals surface area (Å²) in [6.07, 6.45) is -4.35. The van der Waals surface area contributed by atoms with Gasteiger partial charge >= 0.3 is 12.2 Å². The fraction of sp³-hybridized carbons (Fsp3) is 0.857. The van der Waals surface area contributed by atoms with Crippen molar-refractivity contribution in [2.24, 2.45) is 0 Å². The number of alkyl halides is 3. The molecule has 1 rings (SSSR count). The van der Waals surface area contributed by atoms with Crippen molar-refractivity contribution < 1.29 is 18.0 Å². The molecule has 0 bridgehead atoms. The van der Waals surface area contributed by atoms with Gasteiger partial charge in [0.05, 0.1) is 6.04 Å². The number of hydrogen-bond acceptors (Lipinski definition) is 2. The predicted octanol–water partition coefficient (Wildman–Crippen LogP) is 0.162. The summed E-state index contributed by atoms with van der Waals surface area (Å²) in [4.78, 5) is 12.8. The lowest BCUT2D eigenvalue weighted by Gasteiger charge is -2.36. The first-order valence-electron chi connectivity index (χ1n) is 4.16. The number of hydrogen-bond donors (Lipinski definition) is 2. The molecular weight excluding hydrogens is 199 g/mol. The van der Waals surface area contributed by atoms with Gasteiger partial charge in [0.25, 0.3) is 0 Å². The standard InChI is InChI=1S/C7H12F3N3O/c1-13-2-5(3-13)12-6(14)11-4-7(8,9)10/h5H,2-4H2,1H3,(H2,11,12,14). The van der Waals surface area contributed by atoms with Gasteiger partial charge in [-0.15, -0.1) is 0 Å². The van der Waals surface area contributed by atoms with E-state index in [-0.39, 0.29) is 6.04 Å². The first-order chi connectivity index (χ1) is 6.37. The third kappa shape index (κ3) is 3.82. The van der Waals surface area contributed by atoms with E-state index < -0.39 is 18.8 Å². The van der Waals surface area contributed by atoms with Crippen molar-refractivity contribution in [1.82, 2.24) is 15.5 Å². The molecule has 82 valence electrons. The maximum Gasteiger partial charge on any atom is 0.405 e. The van der Waals surface area contributed by atoms with Crippen molar-refractivity contribution in [3.63, 3.8) is 0 Å². The molecule has 2 N–H and O–H groups in total. The minimum Gasteiger partial charge on any atom is -0.333 e. The molecule has 0 unspecified atom stereocenters. The summed E-state index contributed by atoms with van der Waals surface area (Å²) in [7, 11) is 1.87. The average Bonchev–Trinajstić information content (AvgIpc) is 1.97. The van der Waals surface area contributed by atoms with Crippen LogP contribution in [0.1, 0.15) is 0 Å². The molecule has 0 radical (unpaired) electrons. The molecule has 0 aromatic carbocycles. The first-order valence-corrected chi connectivity index (χ1v) is 4.16. The van der Waals surface area contributed by atoms with Crippen LogP contribution in [0.5, 0.6) is 0 Å². The van der Waals surface area contributed by atoms with E-state index in [4.69, 9.17) is 0 Å². The highest BCUT2D eigenvalue weighted by Crippen LogP contribution is 2.12. The molecule has 1 heterocycles. The second-order valence-electron chi connectivity index (χ2n) is 3.36. The normalized spacial score (nSPS) is 18.9. The molecule has 1 aliphatic rings. The van der Waals surface area contributed by atoms with Gasteiger partial charge in [-0.25, -0.2) is 4.79 Å². The molecule has 7 heteroatoms. The van der Waals surface area contributed by atoms with Gasteiger partial charge in [0.2, 0.25) is 0 Å². The molecule has 0 spiro atoms. The lowest BCUT2D eigenvalue weighted by molar-refractivity contribution is -0.122. The highest BCUT2D eigenvalue weighted by Gasteiger charge is 2.29. The Kier molecular flexibility index (Phi) is 3.20. The number of likely N-dealkylation sites (N-methyl/N-ethyl adjacent to an activating group) is 1. The molecule has 0 atom stereocenters. The Morgan fingerprint density at radius 3 is 2.50 bits per heavy atom. The van der Waals surface area contributed by atoms with Crippen LogP contribution in [0, 0.1) is 0 Å². The summed E-state index contributed by atoms with van der Waals surface area (Å²) in [5, 5.41) is 4.17. The van der Waals surface area contributed by atoms with Crippen LogP contribution < -0.4 is 10.6 Å². The fourth-order valence-electron chi connectivity index (χ4n) is 1.21. The lowest BCUT2D eigenvalue weighted by Crippen LogP contribution is -2.59. The summed E-state index contributed by atoms with van der Waals surface area (Å²) < 4.78 is 35.0. The van der Waals surface area contributed by atoms with Gasteiger partial charge in [-0.3, -0.25) is 0 Å². The van der Waals surface area contributed by atoms with Crippen LogP contribution in [0.15, 0.2) is 0 Å². The molecule has 4 nitrogen and oxygen atoms in total. The van der Waals surface area contributed by atoms with E-state index >= 15 is 0 Å². The van der Waals surface area contributed by atoms with Gasteiger partial charge in [-0.2, -0.15) is 13.2 Å². The molecule has 2 amide bonds. The summed E-state index contributed by atoms with van der Waals surface area (Å²) >= 11 is 0. The van der Waals surface area contributed by atoms with Crippen molar-refractivity contribution in [3.8, 4) is 0 Å². The summed E-state index contributed by atoms with van der Waals surface area (Å²) in [5.41, 5.74) is 0. The van der Waals surface area contributed by atoms with Crippen LogP contribution in [0.4, 0.5) is 18.0 Å². The zero-order chi connectivity index (χ0) is 10.8. The number of nitrogens with zero attached hydrogens (tertiary/aromatic N) is 1. The van der Waals surface area contributed by atoms with E-state index in [0.29, 0.717) is 13.1 Å². The molecular formula is C7H12F3N3O. The number of likely N-dealkylation sites (tertiary alicyclic amines) is 1. The second-order valence-corrected chi connectivity index (χ2v) is 3.36. The Morgan fingerprint density at radius 2 is 2.07 bits per heavy atom. The minimum absolute atomic E-state index is 0.0340. The van der Waals surface area contributed by atoms with Gasteiger partial charge in [-0.1, -0.05) is 0 Å². The van der Waals surface area contributed by atoms with Crippen molar-refractivity contribution in [1.29, 1.82) is 0 Å². The van der Waals surface area contributed by atoms with Gasteiger partial charge < -0.3 is 15.5 Å². The number of halogens is 3. The maximum absolute atomic E-state index is 11.7. The number of rotatable bonds is 2. The van der Waals surface area contributed by atoms with E-state index in [1.54, 1.807) is 5.32 Å². The Morgan fingerprint density at radius 1 is 1.50 bits per heavy atom. The summed E-state index contributed by atoms with van der Waals surface area (Å²) in [6, 6.07) is -0.798. The third-order valence-corrected chi connectivity index (χ3v) is 1.85. The van der Waals surface area contributed by atoms with Crippen molar-refractivity contribution in [2.75, 3.05) is 26.7 Å². The maximum atomic E-state index is 11.7. The monoisotopic (exact) mass is 211 g/mol. The topological polar surface area (TPSA) is 44.4 Å². The minimum atomic E-state index is -4.35. The van der Waals surface area contributed by atoms with Crippen LogP contribution in [-0.2, 0) is 0 Å². The third-order valence-electron chi connectivity index (χ3n) is 1.85. The zero-order valence-electron chi connectivity index (χ0n) is 7.69. The molecule has 0 aromatic rings. The number of amides is 2. The molecule has 0 saturated carbocycles. The number of carbonyl (C=O) groups is 1. The smallest absolute Gasteiger partial charge is 0.333 e. The number of carbonyl (C=O) groups excluding carboxylic acids is 1. The van der Waals surface area contributed by atoms with E-state index in [1.807, 2.05) is 11.9 Å². The SMILES string of the molecule is CN1CC(NC(=O)NCC(F)(F)F)C1. The molecule has 0 aliphatic carbocycles. The Bertz CT molecular complexity index is 213. The molecule has 14 heavy (non-hydrogen) atoms. The van der Waals surface area contributed by atoms with E-state index in [1.165, 1.54) is 0 Å². The van der Waals surface area contributed by atoms with Gasteiger partial charge in [-0.05, 0) is 7.05 Å².